The molecule has 4 heteroatoms. The predicted octanol–water partition coefficient (Wildman–Crippen LogP) is 21.3. The van der Waals surface area contributed by atoms with Crippen LogP contribution in [0.4, 0.5) is 0 Å². The Morgan fingerprint density at radius 1 is 0.274 bits per heavy atom. The second-order valence-electron chi connectivity index (χ2n) is 20.1. The fourth-order valence-corrected chi connectivity index (χ4v) is 10.4. The number of hydrogen-bond acceptors (Lipinski definition) is 3. The highest BCUT2D eigenvalue weighted by molar-refractivity contribution is 14.1. The van der Waals surface area contributed by atoms with Gasteiger partial charge in [-0.25, -0.2) is 0 Å². The Morgan fingerprint density at radius 2 is 0.452 bits per heavy atom. The molecule has 0 radical (unpaired) electrons. The lowest BCUT2D eigenvalue weighted by molar-refractivity contribution is -0.273. The van der Waals surface area contributed by atoms with Gasteiger partial charge in [-0.05, 0) is 26.2 Å². The predicted molar refractivity (Wildman–Crippen MR) is 288 cm³/mol. The second kappa shape index (κ2) is 54.2. The van der Waals surface area contributed by atoms with Crippen LogP contribution in [0.5, 0.6) is 0 Å². The summed E-state index contributed by atoms with van der Waals surface area (Å²) in [6, 6.07) is 0. The molecule has 0 aliphatic carbocycles. The maximum Gasteiger partial charge on any atom is 0.203 e. The first-order valence-electron chi connectivity index (χ1n) is 29.1. The van der Waals surface area contributed by atoms with Crippen molar-refractivity contribution < 1.29 is 14.2 Å². The van der Waals surface area contributed by atoms with Gasteiger partial charge in [0, 0.05) is 6.61 Å². The topological polar surface area (TPSA) is 27.7 Å². The highest BCUT2D eigenvalue weighted by atomic mass is 127. The molecule has 0 aromatic heterocycles. The van der Waals surface area contributed by atoms with Gasteiger partial charge < -0.3 is 14.2 Å². The van der Waals surface area contributed by atoms with Gasteiger partial charge in [0.05, 0.1) is 17.6 Å². The minimum Gasteiger partial charge on any atom is -0.373 e. The minimum atomic E-state index is -0.624. The fraction of sp³-hybridized carbons (Fsp3) is 1.00. The summed E-state index contributed by atoms with van der Waals surface area (Å²) in [6.07, 6.45) is 67.0. The zero-order valence-corrected chi connectivity index (χ0v) is 45.6. The lowest BCUT2D eigenvalue weighted by atomic mass is 10.0. The van der Waals surface area contributed by atoms with E-state index in [1.165, 1.54) is 289 Å². The molecule has 0 N–H and O–H groups in total. The first-order chi connectivity index (χ1) is 30.7. The van der Waals surface area contributed by atoms with E-state index in [0.717, 1.165) is 43.5 Å². The van der Waals surface area contributed by atoms with Crippen LogP contribution in [0.25, 0.3) is 0 Å². The van der Waals surface area contributed by atoms with Crippen LogP contribution in [0.1, 0.15) is 336 Å². The summed E-state index contributed by atoms with van der Waals surface area (Å²) < 4.78 is 20.8. The molecule has 0 saturated carbocycles. The van der Waals surface area contributed by atoms with Gasteiger partial charge >= 0.3 is 0 Å². The Morgan fingerprint density at radius 3 is 0.645 bits per heavy atom. The van der Waals surface area contributed by atoms with Gasteiger partial charge in [0.2, 0.25) is 5.79 Å². The van der Waals surface area contributed by atoms with E-state index in [1.54, 1.807) is 0 Å². The molecule has 374 valence electrons. The van der Waals surface area contributed by atoms with E-state index < -0.39 is 5.79 Å². The maximum absolute atomic E-state index is 6.72. The van der Waals surface area contributed by atoms with Crippen molar-refractivity contribution in [3.05, 3.63) is 0 Å². The molecule has 0 spiro atoms. The van der Waals surface area contributed by atoms with Crippen molar-refractivity contribution in [1.29, 1.82) is 0 Å². The van der Waals surface area contributed by atoms with Gasteiger partial charge in [-0.2, -0.15) is 0 Å². The van der Waals surface area contributed by atoms with Crippen molar-refractivity contribution >= 4 is 22.6 Å². The highest BCUT2D eigenvalue weighted by Crippen LogP contribution is 2.27. The van der Waals surface area contributed by atoms with Crippen molar-refractivity contribution in [1.82, 2.24) is 0 Å². The Balaban J connectivity index is 4.31. The van der Waals surface area contributed by atoms with E-state index in [9.17, 15) is 0 Å². The monoisotopic (exact) mass is 989 g/mol. The standard InChI is InChI=1S/C58H117IO3/c1-5-8-11-14-17-20-23-26-29-32-35-38-41-44-47-50-53-60-57(4)58(56-59,61-54-51-48-45-42-39-36-33-30-27-24-21-18-15-12-9-6-2)62-55-52-49-46-43-40-37-34-31-28-25-22-19-16-13-10-7-3/h57H,5-56H2,1-4H3. The fourth-order valence-electron chi connectivity index (χ4n) is 9.29. The number of unbranched alkanes of at least 4 members (excludes halogenated alkanes) is 45. The van der Waals surface area contributed by atoms with Crippen molar-refractivity contribution in [2.75, 3.05) is 24.2 Å². The van der Waals surface area contributed by atoms with Crippen LogP contribution < -0.4 is 0 Å². The largest absolute Gasteiger partial charge is 0.373 e. The molecule has 0 rings (SSSR count). The van der Waals surface area contributed by atoms with Crippen LogP contribution in [0.3, 0.4) is 0 Å². The summed E-state index contributed by atoms with van der Waals surface area (Å²) >= 11 is 2.50. The molecule has 0 aromatic carbocycles. The first kappa shape index (κ1) is 62.6. The third kappa shape index (κ3) is 45.8. The van der Waals surface area contributed by atoms with Crippen LogP contribution in [0, 0.1) is 0 Å². The Kier molecular flexibility index (Phi) is 54.8. The van der Waals surface area contributed by atoms with Gasteiger partial charge in [0.15, 0.2) is 0 Å². The maximum atomic E-state index is 6.72. The molecule has 1 unspecified atom stereocenters. The second-order valence-corrected chi connectivity index (χ2v) is 20.8. The van der Waals surface area contributed by atoms with E-state index >= 15 is 0 Å². The summed E-state index contributed by atoms with van der Waals surface area (Å²) in [4.78, 5) is 0. The first-order valence-corrected chi connectivity index (χ1v) is 30.6. The molecule has 62 heavy (non-hydrogen) atoms. The molecular formula is C58H117IO3. The molecular weight excluding hydrogens is 872 g/mol. The SMILES string of the molecule is CCCCCCCCCCCCCCCCCCOC(C)C(CI)(OCCCCCCCCCCCCCCCCCC)OCCCCCCCCCCCCCCCCCC. The third-order valence-electron chi connectivity index (χ3n) is 13.9. The molecule has 1 atom stereocenters. The van der Waals surface area contributed by atoms with Crippen LogP contribution in [-0.4, -0.2) is 36.1 Å². The summed E-state index contributed by atoms with van der Waals surface area (Å²) in [5, 5.41) is 0. The number of halogens is 1. The number of alkyl halides is 1. The lowest BCUT2D eigenvalue weighted by Gasteiger charge is -2.37. The van der Waals surface area contributed by atoms with E-state index in [2.05, 4.69) is 50.3 Å². The number of ether oxygens (including phenoxy) is 3. The van der Waals surface area contributed by atoms with Crippen LogP contribution in [0.15, 0.2) is 0 Å². The molecule has 0 saturated heterocycles. The molecule has 0 amide bonds. The van der Waals surface area contributed by atoms with Gasteiger partial charge in [-0.15, -0.1) is 0 Å². The summed E-state index contributed by atoms with van der Waals surface area (Å²) in [5.41, 5.74) is 0. The lowest BCUT2D eigenvalue weighted by Crippen LogP contribution is -2.49. The van der Waals surface area contributed by atoms with Crippen LogP contribution in [-0.2, 0) is 14.2 Å². The Labute approximate surface area is 406 Å². The van der Waals surface area contributed by atoms with E-state index in [4.69, 9.17) is 14.2 Å². The van der Waals surface area contributed by atoms with Gasteiger partial charge in [0.25, 0.3) is 0 Å². The third-order valence-corrected chi connectivity index (χ3v) is 14.9. The Bertz CT molecular complexity index is 753. The van der Waals surface area contributed by atoms with Crippen molar-refractivity contribution in [3.63, 3.8) is 0 Å². The molecule has 0 bridgehead atoms. The molecule has 0 aliphatic rings. The average molecular weight is 989 g/mol. The van der Waals surface area contributed by atoms with E-state index in [0.29, 0.717) is 0 Å². The van der Waals surface area contributed by atoms with Crippen LogP contribution >= 0.6 is 22.6 Å². The normalized spacial score (nSPS) is 12.5. The molecule has 0 fully saturated rings. The molecule has 0 aromatic rings. The molecule has 3 nitrogen and oxygen atoms in total. The quantitative estimate of drug-likeness (QED) is 0.0263. The van der Waals surface area contributed by atoms with Crippen molar-refractivity contribution in [3.8, 4) is 0 Å². The van der Waals surface area contributed by atoms with E-state index in [1.807, 2.05) is 0 Å². The van der Waals surface area contributed by atoms with Gasteiger partial charge in [-0.1, -0.05) is 332 Å². The highest BCUT2D eigenvalue weighted by Gasteiger charge is 2.38. The Hall–Kier alpha value is 0.610. The summed E-state index contributed by atoms with van der Waals surface area (Å²) in [5.74, 6) is -0.624. The smallest absolute Gasteiger partial charge is 0.203 e. The van der Waals surface area contributed by atoms with Crippen LogP contribution in [0.2, 0.25) is 0 Å². The zero-order valence-electron chi connectivity index (χ0n) is 43.4. The van der Waals surface area contributed by atoms with Gasteiger partial charge in [-0.3, -0.25) is 0 Å². The zero-order chi connectivity index (χ0) is 45.0. The van der Waals surface area contributed by atoms with Crippen molar-refractivity contribution in [2.24, 2.45) is 0 Å². The van der Waals surface area contributed by atoms with Crippen molar-refractivity contribution in [2.45, 2.75) is 348 Å². The number of rotatable bonds is 56. The summed E-state index contributed by atoms with van der Waals surface area (Å²) in [7, 11) is 0. The summed E-state index contributed by atoms with van der Waals surface area (Å²) in [6.45, 7) is 11.5. The number of hydrogen-bond donors (Lipinski definition) is 0. The van der Waals surface area contributed by atoms with Gasteiger partial charge in [0.1, 0.15) is 6.10 Å². The molecule has 0 heterocycles. The minimum absolute atomic E-state index is 0.0437. The molecule has 0 aliphatic heterocycles. The van der Waals surface area contributed by atoms with E-state index in [-0.39, 0.29) is 6.10 Å². The average Bonchev–Trinajstić information content (AvgIpc) is 3.28.